The summed E-state index contributed by atoms with van der Waals surface area (Å²) in [7, 11) is 1.52. The Morgan fingerprint density at radius 1 is 1.36 bits per heavy atom. The van der Waals surface area contributed by atoms with E-state index in [1.807, 2.05) is 6.92 Å². The van der Waals surface area contributed by atoms with Crippen LogP contribution in [0.4, 0.5) is 0 Å². The lowest BCUT2D eigenvalue weighted by Gasteiger charge is -2.17. The Hall–Kier alpha value is -1.95. The van der Waals surface area contributed by atoms with E-state index < -0.39 is 11.9 Å². The van der Waals surface area contributed by atoms with Gasteiger partial charge in [-0.25, -0.2) is 0 Å². The second-order valence-electron chi connectivity index (χ2n) is 4.87. The summed E-state index contributed by atoms with van der Waals surface area (Å²) in [4.78, 5) is 24.9. The average Bonchev–Trinajstić information content (AvgIpc) is 2.97. The Balaban J connectivity index is 0.00000242. The van der Waals surface area contributed by atoms with Crippen molar-refractivity contribution in [3.63, 3.8) is 0 Å². The summed E-state index contributed by atoms with van der Waals surface area (Å²) >= 11 is 0. The lowest BCUT2D eigenvalue weighted by Crippen LogP contribution is -2.29. The fraction of sp³-hybridized carbons (Fsp3) is 0.467. The number of rotatable bonds is 5. The molecule has 7 heteroatoms. The molecule has 1 atom stereocenters. The second kappa shape index (κ2) is 7.89. The minimum Gasteiger partial charge on any atom is -0.493 e. The highest BCUT2D eigenvalue weighted by Gasteiger charge is 2.31. The molecule has 0 aliphatic carbocycles. The van der Waals surface area contributed by atoms with Crippen LogP contribution in [0, 0.1) is 5.92 Å². The Kier molecular flexibility index (Phi) is 6.49. The summed E-state index contributed by atoms with van der Waals surface area (Å²) in [5.74, 6) is -0.425. The lowest BCUT2D eigenvalue weighted by atomic mass is 10.1. The van der Waals surface area contributed by atoms with Crippen LogP contribution in [0.2, 0.25) is 0 Å². The normalized spacial score (nSPS) is 16.8. The number of methoxy groups -OCH3 is 1. The van der Waals surface area contributed by atoms with Gasteiger partial charge in [-0.15, -0.1) is 12.4 Å². The van der Waals surface area contributed by atoms with E-state index in [0.717, 1.165) is 0 Å². The van der Waals surface area contributed by atoms with Crippen molar-refractivity contribution in [3.05, 3.63) is 23.8 Å². The molecule has 1 heterocycles. The Morgan fingerprint density at radius 2 is 2.09 bits per heavy atom. The van der Waals surface area contributed by atoms with Gasteiger partial charge in [0.05, 0.1) is 19.6 Å². The Morgan fingerprint density at radius 3 is 2.64 bits per heavy atom. The minimum absolute atomic E-state index is 0. The predicted octanol–water partition coefficient (Wildman–Crippen LogP) is 2.06. The third kappa shape index (κ3) is 3.82. The number of aliphatic carboxylic acids is 1. The van der Waals surface area contributed by atoms with E-state index in [0.29, 0.717) is 36.6 Å². The van der Waals surface area contributed by atoms with Gasteiger partial charge in [-0.2, -0.15) is 0 Å². The van der Waals surface area contributed by atoms with Crippen LogP contribution in [0.1, 0.15) is 23.7 Å². The molecule has 0 bridgehead atoms. The summed E-state index contributed by atoms with van der Waals surface area (Å²) in [6, 6.07) is 4.99. The summed E-state index contributed by atoms with van der Waals surface area (Å²) in [5.41, 5.74) is 0.473. The SMILES string of the molecule is CCOc1ccc(C(=O)N2CCC(C(=O)O)C2)cc1OC.Cl. The molecule has 0 aromatic heterocycles. The first-order valence-electron chi connectivity index (χ1n) is 6.89. The maximum absolute atomic E-state index is 12.4. The van der Waals surface area contributed by atoms with Crippen molar-refractivity contribution in [2.75, 3.05) is 26.8 Å². The number of halogens is 1. The first-order chi connectivity index (χ1) is 10.1. The van der Waals surface area contributed by atoms with Gasteiger partial charge in [0.2, 0.25) is 0 Å². The quantitative estimate of drug-likeness (QED) is 0.895. The molecule has 6 nitrogen and oxygen atoms in total. The van der Waals surface area contributed by atoms with Crippen molar-refractivity contribution in [2.45, 2.75) is 13.3 Å². The number of hydrogen-bond acceptors (Lipinski definition) is 4. The lowest BCUT2D eigenvalue weighted by molar-refractivity contribution is -0.141. The van der Waals surface area contributed by atoms with Crippen molar-refractivity contribution in [1.82, 2.24) is 4.90 Å². The maximum atomic E-state index is 12.4. The third-order valence-electron chi connectivity index (χ3n) is 3.54. The van der Waals surface area contributed by atoms with Crippen LogP contribution in [0.15, 0.2) is 18.2 Å². The van der Waals surface area contributed by atoms with Crippen molar-refractivity contribution in [1.29, 1.82) is 0 Å². The number of nitrogens with zero attached hydrogens (tertiary/aromatic N) is 1. The maximum Gasteiger partial charge on any atom is 0.308 e. The van der Waals surface area contributed by atoms with Crippen molar-refractivity contribution in [3.8, 4) is 11.5 Å². The molecule has 1 fully saturated rings. The van der Waals surface area contributed by atoms with E-state index in [-0.39, 0.29) is 24.9 Å². The summed E-state index contributed by atoms with van der Waals surface area (Å²) in [5, 5.41) is 8.99. The number of likely N-dealkylation sites (tertiary alicyclic amines) is 1. The average molecular weight is 330 g/mol. The molecule has 0 spiro atoms. The van der Waals surface area contributed by atoms with Crippen LogP contribution >= 0.6 is 12.4 Å². The number of amides is 1. The van der Waals surface area contributed by atoms with Gasteiger partial charge in [0.1, 0.15) is 0 Å². The molecule has 0 radical (unpaired) electrons. The molecular weight excluding hydrogens is 310 g/mol. The molecule has 1 saturated heterocycles. The van der Waals surface area contributed by atoms with Gasteiger partial charge in [-0.1, -0.05) is 0 Å². The van der Waals surface area contributed by atoms with Gasteiger partial charge in [0, 0.05) is 18.7 Å². The van der Waals surface area contributed by atoms with Crippen LogP contribution in [0.3, 0.4) is 0 Å². The fourth-order valence-electron chi connectivity index (χ4n) is 2.40. The number of benzene rings is 1. The van der Waals surface area contributed by atoms with Gasteiger partial charge in [0.25, 0.3) is 5.91 Å². The molecule has 1 aliphatic heterocycles. The topological polar surface area (TPSA) is 76.1 Å². The molecule has 1 N–H and O–H groups in total. The molecule has 1 amide bonds. The van der Waals surface area contributed by atoms with E-state index >= 15 is 0 Å². The molecule has 0 saturated carbocycles. The first-order valence-corrected chi connectivity index (χ1v) is 6.89. The number of carbonyl (C=O) groups is 2. The molecule has 2 rings (SSSR count). The zero-order valence-electron chi connectivity index (χ0n) is 12.6. The summed E-state index contributed by atoms with van der Waals surface area (Å²) in [6.07, 6.45) is 0.495. The second-order valence-corrected chi connectivity index (χ2v) is 4.87. The number of carboxylic acid groups (broad SMARTS) is 1. The highest BCUT2D eigenvalue weighted by atomic mass is 35.5. The van der Waals surface area contributed by atoms with Crippen molar-refractivity contribution in [2.24, 2.45) is 5.92 Å². The largest absolute Gasteiger partial charge is 0.493 e. The third-order valence-corrected chi connectivity index (χ3v) is 3.54. The molecule has 1 aliphatic rings. The van der Waals surface area contributed by atoms with E-state index in [4.69, 9.17) is 14.6 Å². The number of ether oxygens (including phenoxy) is 2. The van der Waals surface area contributed by atoms with Crippen LogP contribution in [-0.2, 0) is 4.79 Å². The zero-order valence-corrected chi connectivity index (χ0v) is 13.4. The molecule has 1 aromatic rings. The van der Waals surface area contributed by atoms with Gasteiger partial charge >= 0.3 is 5.97 Å². The number of hydrogen-bond donors (Lipinski definition) is 1. The van der Waals surface area contributed by atoms with E-state index in [1.54, 1.807) is 23.1 Å². The highest BCUT2D eigenvalue weighted by molar-refractivity contribution is 5.95. The number of carbonyl (C=O) groups excluding carboxylic acids is 1. The smallest absolute Gasteiger partial charge is 0.308 e. The molecule has 1 aromatic carbocycles. The van der Waals surface area contributed by atoms with Gasteiger partial charge in [-0.05, 0) is 31.5 Å². The minimum atomic E-state index is -0.852. The van der Waals surface area contributed by atoms with Crippen molar-refractivity contribution < 1.29 is 24.2 Å². The number of carboxylic acids is 1. The Bertz CT molecular complexity index is 549. The van der Waals surface area contributed by atoms with Crippen LogP contribution in [0.5, 0.6) is 11.5 Å². The first kappa shape index (κ1) is 18.1. The standard InChI is InChI=1S/C15H19NO5.ClH/c1-3-21-12-5-4-10(8-13(12)20-2)14(17)16-7-6-11(9-16)15(18)19;/h4-5,8,11H,3,6-7,9H2,1-2H3,(H,18,19);1H. The van der Waals surface area contributed by atoms with Gasteiger partial charge in [-0.3, -0.25) is 9.59 Å². The van der Waals surface area contributed by atoms with E-state index in [1.165, 1.54) is 7.11 Å². The van der Waals surface area contributed by atoms with Crippen LogP contribution in [0.25, 0.3) is 0 Å². The van der Waals surface area contributed by atoms with E-state index in [9.17, 15) is 9.59 Å². The summed E-state index contributed by atoms with van der Waals surface area (Å²) < 4.78 is 10.6. The fourth-order valence-corrected chi connectivity index (χ4v) is 2.40. The van der Waals surface area contributed by atoms with Crippen LogP contribution in [-0.4, -0.2) is 48.7 Å². The van der Waals surface area contributed by atoms with Crippen LogP contribution < -0.4 is 9.47 Å². The predicted molar refractivity (Wildman–Crippen MR) is 83.1 cm³/mol. The van der Waals surface area contributed by atoms with Crippen molar-refractivity contribution >= 4 is 24.3 Å². The Labute approximate surface area is 135 Å². The molecule has 22 heavy (non-hydrogen) atoms. The monoisotopic (exact) mass is 329 g/mol. The zero-order chi connectivity index (χ0) is 15.4. The highest BCUT2D eigenvalue weighted by Crippen LogP contribution is 2.29. The molecular formula is C15H20ClNO5. The van der Waals surface area contributed by atoms with Gasteiger partial charge in [0.15, 0.2) is 11.5 Å². The van der Waals surface area contributed by atoms with E-state index in [2.05, 4.69) is 0 Å². The molecule has 122 valence electrons. The summed E-state index contributed by atoms with van der Waals surface area (Å²) in [6.45, 7) is 3.10. The van der Waals surface area contributed by atoms with Gasteiger partial charge < -0.3 is 19.5 Å². The molecule has 1 unspecified atom stereocenters.